The van der Waals surface area contributed by atoms with Crippen LogP contribution in [0.2, 0.25) is 0 Å². The van der Waals surface area contributed by atoms with Gasteiger partial charge < -0.3 is 4.74 Å². The molecule has 1 nitrogen and oxygen atoms in total. The average molecular weight is 556 g/mol. The summed E-state index contributed by atoms with van der Waals surface area (Å²) in [7, 11) is 0. The van der Waals surface area contributed by atoms with E-state index in [1.54, 1.807) is 0 Å². The van der Waals surface area contributed by atoms with Crippen molar-refractivity contribution in [2.24, 2.45) is 29.6 Å². The zero-order valence-corrected chi connectivity index (χ0v) is 20.6. The van der Waals surface area contributed by atoms with E-state index in [0.29, 0.717) is 31.3 Å². The van der Waals surface area contributed by atoms with Crippen LogP contribution < -0.4 is 0 Å². The maximum Gasteiger partial charge on any atom is 0.158 e. The molecule has 0 saturated heterocycles. The summed E-state index contributed by atoms with van der Waals surface area (Å²) >= 11 is 1.99. The van der Waals surface area contributed by atoms with Crippen LogP contribution in [-0.2, 0) is 4.74 Å². The van der Waals surface area contributed by atoms with E-state index in [4.69, 9.17) is 4.74 Å². The predicted octanol–water partition coefficient (Wildman–Crippen LogP) is 8.21. The molecule has 6 heteroatoms. The molecular weight excluding hydrogens is 519 g/mol. The van der Waals surface area contributed by atoms with E-state index in [1.165, 1.54) is 6.42 Å². The Morgan fingerprint density at radius 3 is 1.87 bits per heavy atom. The van der Waals surface area contributed by atoms with Gasteiger partial charge in [-0.3, -0.25) is 0 Å². The van der Waals surface area contributed by atoms with Crippen LogP contribution in [0.4, 0.5) is 17.6 Å². The van der Waals surface area contributed by atoms with Crippen molar-refractivity contribution in [3.05, 3.63) is 11.7 Å². The molecule has 4 aliphatic carbocycles. The summed E-state index contributed by atoms with van der Waals surface area (Å²) in [5.41, 5.74) is 0. The molecule has 4 aliphatic rings. The van der Waals surface area contributed by atoms with E-state index < -0.39 is 30.1 Å². The molecule has 0 amide bonds. The Morgan fingerprint density at radius 1 is 0.677 bits per heavy atom. The van der Waals surface area contributed by atoms with Crippen LogP contribution in [0.15, 0.2) is 11.7 Å². The minimum absolute atomic E-state index is 0.188. The summed E-state index contributed by atoms with van der Waals surface area (Å²) in [6, 6.07) is 0. The summed E-state index contributed by atoms with van der Waals surface area (Å²) in [4.78, 5) is 0. The zero-order valence-electron chi connectivity index (χ0n) is 18.4. The van der Waals surface area contributed by atoms with Crippen molar-refractivity contribution < 1.29 is 22.3 Å². The van der Waals surface area contributed by atoms with Gasteiger partial charge in [-0.2, -0.15) is 0 Å². The molecule has 0 aromatic rings. The normalized spacial score (nSPS) is 43.3. The zero-order chi connectivity index (χ0) is 22.0. The number of alkyl halides is 3. The second-order valence-corrected chi connectivity index (χ2v) is 12.1. The van der Waals surface area contributed by atoms with Gasteiger partial charge in [0, 0.05) is 22.4 Å². The fourth-order valence-electron chi connectivity index (χ4n) is 6.63. The first-order valence-electron chi connectivity index (χ1n) is 12.5. The molecule has 0 aliphatic heterocycles. The van der Waals surface area contributed by atoms with Crippen LogP contribution in [-0.4, -0.2) is 29.0 Å². The smallest absolute Gasteiger partial charge is 0.158 e. The number of halogens is 5. The van der Waals surface area contributed by atoms with E-state index in [0.717, 1.165) is 64.2 Å². The minimum atomic E-state index is -1.53. The van der Waals surface area contributed by atoms with Crippen molar-refractivity contribution in [1.82, 2.24) is 0 Å². The van der Waals surface area contributed by atoms with Gasteiger partial charge in [-0.1, -0.05) is 41.9 Å². The van der Waals surface area contributed by atoms with Crippen LogP contribution in [0.3, 0.4) is 0 Å². The Bertz CT molecular complexity index is 615. The topological polar surface area (TPSA) is 9.23 Å². The quantitative estimate of drug-likeness (QED) is 0.188. The molecule has 0 spiro atoms. The van der Waals surface area contributed by atoms with Crippen LogP contribution >= 0.6 is 22.6 Å². The number of hydrogen-bond acceptors (Lipinski definition) is 1. The summed E-state index contributed by atoms with van der Waals surface area (Å²) in [6.07, 6.45) is 8.36. The molecule has 0 radical (unpaired) electrons. The number of allylic oxidation sites excluding steroid dienone is 2. The summed E-state index contributed by atoms with van der Waals surface area (Å²) < 4.78 is 63.6. The lowest BCUT2D eigenvalue weighted by Crippen LogP contribution is -2.43. The Hall–Kier alpha value is 0.150. The van der Waals surface area contributed by atoms with Crippen molar-refractivity contribution in [1.29, 1.82) is 0 Å². The molecular formula is C25H37F4IO. The Kier molecular flexibility index (Phi) is 8.65. The first-order chi connectivity index (χ1) is 15.0. The predicted molar refractivity (Wildman–Crippen MR) is 124 cm³/mol. The molecule has 4 rings (SSSR count). The Morgan fingerprint density at radius 2 is 1.26 bits per heavy atom. The number of hydrogen-bond donors (Lipinski definition) is 0. The fourth-order valence-corrected chi connectivity index (χ4v) is 7.38. The van der Waals surface area contributed by atoms with Crippen LogP contribution in [0, 0.1) is 29.6 Å². The van der Waals surface area contributed by atoms with Crippen LogP contribution in [0.5, 0.6) is 0 Å². The second-order valence-electron chi connectivity index (χ2n) is 10.5. The SMILES string of the molecule is FC1=C(F)C(C2CCC(COC3CCC(I)C(F)C3F)CC2)CCC1C1CCCCC1. The van der Waals surface area contributed by atoms with Gasteiger partial charge in [-0.15, -0.1) is 0 Å². The molecule has 0 N–H and O–H groups in total. The van der Waals surface area contributed by atoms with E-state index in [-0.39, 0.29) is 21.7 Å². The van der Waals surface area contributed by atoms with Gasteiger partial charge in [0.05, 0.1) is 6.10 Å². The fraction of sp³-hybridized carbons (Fsp3) is 0.920. The lowest BCUT2D eigenvalue weighted by Gasteiger charge is -2.39. The molecule has 3 fully saturated rings. The third-order valence-corrected chi connectivity index (χ3v) is 9.93. The van der Waals surface area contributed by atoms with Crippen molar-refractivity contribution in [2.45, 2.75) is 106 Å². The summed E-state index contributed by atoms with van der Waals surface area (Å²) in [5.74, 6) is -0.489. The third-order valence-electron chi connectivity index (χ3n) is 8.63. The Balaban J connectivity index is 1.25. The molecule has 0 aromatic heterocycles. The van der Waals surface area contributed by atoms with Gasteiger partial charge in [-0.05, 0) is 82.0 Å². The van der Waals surface area contributed by atoms with Crippen molar-refractivity contribution in [3.63, 3.8) is 0 Å². The highest BCUT2D eigenvalue weighted by molar-refractivity contribution is 14.1. The Labute approximate surface area is 198 Å². The van der Waals surface area contributed by atoms with Gasteiger partial charge in [0.25, 0.3) is 0 Å². The van der Waals surface area contributed by atoms with Crippen molar-refractivity contribution >= 4 is 22.6 Å². The summed E-state index contributed by atoms with van der Waals surface area (Å²) in [5, 5.41) is 0. The maximum absolute atomic E-state index is 15.0. The molecule has 178 valence electrons. The highest BCUT2D eigenvalue weighted by Gasteiger charge is 2.42. The third kappa shape index (κ3) is 5.63. The highest BCUT2D eigenvalue weighted by atomic mass is 127. The van der Waals surface area contributed by atoms with Gasteiger partial charge in [0.15, 0.2) is 6.17 Å². The largest absolute Gasteiger partial charge is 0.375 e. The van der Waals surface area contributed by atoms with Crippen molar-refractivity contribution in [3.8, 4) is 0 Å². The standard InChI is InChI=1S/C25H37F4IO/c26-22-18(16-4-2-1-3-5-16)10-11-19(23(22)27)17-8-6-15(7-9-17)14-31-21-13-12-20(30)24(28)25(21)29/h15-21,24-25H,1-14H2. The van der Waals surface area contributed by atoms with E-state index in [2.05, 4.69) is 0 Å². The molecule has 3 saturated carbocycles. The first-order valence-corrected chi connectivity index (χ1v) is 13.8. The molecule has 0 heterocycles. The van der Waals surface area contributed by atoms with Gasteiger partial charge in [-0.25, -0.2) is 17.6 Å². The van der Waals surface area contributed by atoms with Gasteiger partial charge in [0.2, 0.25) is 0 Å². The second kappa shape index (κ2) is 11.1. The first kappa shape index (κ1) is 24.3. The van der Waals surface area contributed by atoms with E-state index >= 15 is 4.39 Å². The lowest BCUT2D eigenvalue weighted by atomic mass is 9.68. The van der Waals surface area contributed by atoms with Crippen molar-refractivity contribution in [2.75, 3.05) is 6.61 Å². The number of ether oxygens (including phenoxy) is 1. The maximum atomic E-state index is 15.0. The van der Waals surface area contributed by atoms with Gasteiger partial charge >= 0.3 is 0 Å². The van der Waals surface area contributed by atoms with E-state index in [9.17, 15) is 13.2 Å². The minimum Gasteiger partial charge on any atom is -0.375 e. The molecule has 0 aromatic carbocycles. The van der Waals surface area contributed by atoms with Crippen LogP contribution in [0.25, 0.3) is 0 Å². The molecule has 31 heavy (non-hydrogen) atoms. The monoisotopic (exact) mass is 556 g/mol. The average Bonchev–Trinajstić information content (AvgIpc) is 2.80. The summed E-state index contributed by atoms with van der Waals surface area (Å²) in [6.45, 7) is 0.456. The highest BCUT2D eigenvalue weighted by Crippen LogP contribution is 2.49. The van der Waals surface area contributed by atoms with Gasteiger partial charge in [0.1, 0.15) is 17.8 Å². The van der Waals surface area contributed by atoms with E-state index in [1.807, 2.05) is 22.6 Å². The number of rotatable bonds is 5. The van der Waals surface area contributed by atoms with Crippen LogP contribution in [0.1, 0.15) is 83.5 Å². The molecule has 6 atom stereocenters. The molecule has 0 bridgehead atoms. The lowest BCUT2D eigenvalue weighted by molar-refractivity contribution is -0.0670. The molecule has 6 unspecified atom stereocenters.